The van der Waals surface area contributed by atoms with E-state index in [0.717, 1.165) is 10.2 Å². The second-order valence-corrected chi connectivity index (χ2v) is 8.81. The van der Waals surface area contributed by atoms with Crippen LogP contribution < -0.4 is 10.3 Å². The molecule has 1 N–H and O–H groups in total. The van der Waals surface area contributed by atoms with Gasteiger partial charge in [-0.25, -0.2) is 9.67 Å². The zero-order valence-corrected chi connectivity index (χ0v) is 19.0. The first-order chi connectivity index (χ1) is 15.1. The minimum absolute atomic E-state index is 0.277. The Morgan fingerprint density at radius 1 is 1.19 bits per heavy atom. The van der Waals surface area contributed by atoms with Gasteiger partial charge in [0.2, 0.25) is 0 Å². The number of H-pyrrole nitrogens is 1. The van der Waals surface area contributed by atoms with Crippen LogP contribution in [-0.2, 0) is 22.5 Å². The molecule has 8 nitrogen and oxygen atoms in total. The fourth-order valence-electron chi connectivity index (χ4n) is 3.50. The molecule has 0 spiro atoms. The number of carbonyl (C=O) groups excluding carboxylic acids is 1. The fraction of sp³-hybridized carbons (Fsp3) is 0.304. The molecule has 32 heavy (non-hydrogen) atoms. The van der Waals surface area contributed by atoms with Crippen molar-refractivity contribution in [3.05, 3.63) is 63.3 Å². The van der Waals surface area contributed by atoms with Crippen LogP contribution in [0.4, 0.5) is 0 Å². The van der Waals surface area contributed by atoms with Crippen LogP contribution in [0.25, 0.3) is 21.8 Å². The Labute approximate surface area is 189 Å². The van der Waals surface area contributed by atoms with Gasteiger partial charge in [-0.1, -0.05) is 29.8 Å². The number of ether oxygens (including phenoxy) is 2. The summed E-state index contributed by atoms with van der Waals surface area (Å²) in [5.41, 5.74) is 1.07. The summed E-state index contributed by atoms with van der Waals surface area (Å²) in [5.74, 6) is 0.648. The van der Waals surface area contributed by atoms with E-state index in [4.69, 9.17) is 21.1 Å². The molecule has 0 bridgehead atoms. The highest BCUT2D eigenvalue weighted by molar-refractivity contribution is 6.32. The molecule has 0 saturated carbocycles. The first kappa shape index (κ1) is 21.8. The molecule has 2 heterocycles. The largest absolute Gasteiger partial charge is 0.495 e. The van der Waals surface area contributed by atoms with E-state index in [9.17, 15) is 9.59 Å². The molecule has 0 atom stereocenters. The highest BCUT2D eigenvalue weighted by Crippen LogP contribution is 2.29. The summed E-state index contributed by atoms with van der Waals surface area (Å²) in [6.45, 7) is 5.04. The quantitative estimate of drug-likeness (QED) is 0.459. The molecule has 0 amide bonds. The number of aromatic nitrogens is 4. The third-order valence-electron chi connectivity index (χ3n) is 4.78. The second-order valence-electron chi connectivity index (χ2n) is 8.41. The number of esters is 1. The minimum atomic E-state index is -0.656. The first-order valence-corrected chi connectivity index (χ1v) is 10.4. The van der Waals surface area contributed by atoms with Crippen LogP contribution in [0.2, 0.25) is 5.02 Å². The highest BCUT2D eigenvalue weighted by atomic mass is 35.5. The van der Waals surface area contributed by atoms with Gasteiger partial charge in [0.25, 0.3) is 5.56 Å². The normalized spacial score (nSPS) is 11.8. The van der Waals surface area contributed by atoms with Crippen LogP contribution in [0.15, 0.2) is 41.2 Å². The summed E-state index contributed by atoms with van der Waals surface area (Å²) >= 11 is 6.22. The van der Waals surface area contributed by atoms with Crippen molar-refractivity contribution in [2.75, 3.05) is 7.11 Å². The molecule has 166 valence electrons. The summed E-state index contributed by atoms with van der Waals surface area (Å²) in [6.07, 6.45) is 0.323. The van der Waals surface area contributed by atoms with Crippen molar-refractivity contribution in [2.24, 2.45) is 0 Å². The fourth-order valence-corrected chi connectivity index (χ4v) is 3.74. The van der Waals surface area contributed by atoms with E-state index in [-0.39, 0.29) is 12.1 Å². The van der Waals surface area contributed by atoms with E-state index in [0.29, 0.717) is 45.0 Å². The summed E-state index contributed by atoms with van der Waals surface area (Å²) in [7, 11) is 1.55. The molecule has 2 aromatic heterocycles. The van der Waals surface area contributed by atoms with E-state index in [2.05, 4.69) is 15.1 Å². The van der Waals surface area contributed by atoms with Gasteiger partial charge in [-0.3, -0.25) is 9.59 Å². The Morgan fingerprint density at radius 2 is 1.91 bits per heavy atom. The van der Waals surface area contributed by atoms with Crippen molar-refractivity contribution in [1.29, 1.82) is 0 Å². The molecule has 0 radical (unpaired) electrons. The Kier molecular flexibility index (Phi) is 5.64. The number of fused-ring (bicyclic) bond motifs is 2. The lowest BCUT2D eigenvalue weighted by molar-refractivity contribution is -0.155. The van der Waals surface area contributed by atoms with Gasteiger partial charge >= 0.3 is 5.97 Å². The summed E-state index contributed by atoms with van der Waals surface area (Å²) < 4.78 is 11.8. The van der Waals surface area contributed by atoms with Crippen molar-refractivity contribution < 1.29 is 14.3 Å². The van der Waals surface area contributed by atoms with Crippen molar-refractivity contribution in [3.8, 4) is 5.75 Å². The zero-order valence-electron chi connectivity index (χ0n) is 18.2. The number of imidazole rings is 1. The molecular weight excluding hydrogens is 432 g/mol. The predicted molar refractivity (Wildman–Crippen MR) is 122 cm³/mol. The van der Waals surface area contributed by atoms with Gasteiger partial charge in [0.05, 0.1) is 40.7 Å². The van der Waals surface area contributed by atoms with Gasteiger partial charge in [-0.15, -0.1) is 0 Å². The van der Waals surface area contributed by atoms with Gasteiger partial charge in [-0.05, 0) is 32.9 Å². The van der Waals surface area contributed by atoms with Crippen LogP contribution in [-0.4, -0.2) is 38.4 Å². The van der Waals surface area contributed by atoms with Gasteiger partial charge in [0, 0.05) is 11.5 Å². The number of benzene rings is 2. The van der Waals surface area contributed by atoms with Crippen LogP contribution in [0.5, 0.6) is 5.75 Å². The summed E-state index contributed by atoms with van der Waals surface area (Å²) in [6, 6.07) is 10.7. The molecule has 0 aliphatic carbocycles. The number of methoxy groups -OCH3 is 1. The topological polar surface area (TPSA) is 99.1 Å². The lowest BCUT2D eigenvalue weighted by Crippen LogP contribution is -2.32. The molecule has 2 aromatic carbocycles. The zero-order chi connectivity index (χ0) is 23.0. The molecule has 0 fully saturated rings. The number of halogens is 1. The van der Waals surface area contributed by atoms with Gasteiger partial charge in [-0.2, -0.15) is 5.10 Å². The minimum Gasteiger partial charge on any atom is -0.495 e. The van der Waals surface area contributed by atoms with Crippen molar-refractivity contribution in [1.82, 2.24) is 19.7 Å². The van der Waals surface area contributed by atoms with Crippen molar-refractivity contribution >= 4 is 39.4 Å². The Morgan fingerprint density at radius 3 is 2.59 bits per heavy atom. The van der Waals surface area contributed by atoms with Crippen molar-refractivity contribution in [2.45, 2.75) is 39.3 Å². The number of carbonyl (C=O) groups is 1. The van der Waals surface area contributed by atoms with E-state index >= 15 is 0 Å². The molecule has 0 aliphatic heterocycles. The maximum Gasteiger partial charge on any atom is 0.328 e. The maximum atomic E-state index is 12.9. The average Bonchev–Trinajstić information content (AvgIpc) is 3.10. The summed E-state index contributed by atoms with van der Waals surface area (Å²) in [4.78, 5) is 33.1. The predicted octanol–water partition coefficient (Wildman–Crippen LogP) is 3.87. The van der Waals surface area contributed by atoms with Gasteiger partial charge in [0.1, 0.15) is 23.7 Å². The van der Waals surface area contributed by atoms with E-state index in [1.54, 1.807) is 52.1 Å². The van der Waals surface area contributed by atoms with Gasteiger partial charge < -0.3 is 14.5 Å². The molecule has 0 saturated heterocycles. The van der Waals surface area contributed by atoms with Gasteiger partial charge in [0.15, 0.2) is 0 Å². The monoisotopic (exact) mass is 454 g/mol. The smallest absolute Gasteiger partial charge is 0.328 e. The van der Waals surface area contributed by atoms with Crippen molar-refractivity contribution in [3.63, 3.8) is 0 Å². The van der Waals surface area contributed by atoms with Crippen LogP contribution >= 0.6 is 11.6 Å². The third kappa shape index (κ3) is 4.45. The van der Waals surface area contributed by atoms with E-state index in [1.165, 1.54) is 0 Å². The standard InChI is InChI=1S/C23H23ClN4O4/c1-23(2,3)32-21(29)12-28-22(30)14-8-6-5-7-13(14)16(27-28)11-20-25-17-9-15(24)19(31-4)10-18(17)26-20/h5-10H,11-12H2,1-4H3,(H,25,26). The van der Waals surface area contributed by atoms with Crippen LogP contribution in [0, 0.1) is 0 Å². The Bertz CT molecular complexity index is 1380. The number of nitrogens with zero attached hydrogens (tertiary/aromatic N) is 3. The lowest BCUT2D eigenvalue weighted by atomic mass is 10.1. The number of hydrogen-bond donors (Lipinski definition) is 1. The molecular formula is C23H23ClN4O4. The number of nitrogens with one attached hydrogen (secondary N) is 1. The lowest BCUT2D eigenvalue weighted by Gasteiger charge is -2.19. The molecule has 0 unspecified atom stereocenters. The molecule has 0 aliphatic rings. The van der Waals surface area contributed by atoms with Crippen LogP contribution in [0.1, 0.15) is 32.3 Å². The number of rotatable bonds is 5. The Balaban J connectivity index is 1.75. The Hall–Kier alpha value is -3.39. The highest BCUT2D eigenvalue weighted by Gasteiger charge is 2.19. The second kappa shape index (κ2) is 8.27. The maximum absolute atomic E-state index is 12.9. The van der Waals surface area contributed by atoms with E-state index in [1.807, 2.05) is 12.1 Å². The molecule has 9 heteroatoms. The van der Waals surface area contributed by atoms with E-state index < -0.39 is 11.6 Å². The average molecular weight is 455 g/mol. The molecule has 4 rings (SSSR count). The molecule has 4 aromatic rings. The van der Waals surface area contributed by atoms with Crippen LogP contribution in [0.3, 0.4) is 0 Å². The first-order valence-electron chi connectivity index (χ1n) is 10.1. The number of hydrogen-bond acceptors (Lipinski definition) is 6. The SMILES string of the molecule is COc1cc2nc(Cc3nn(CC(=O)OC(C)(C)C)c(=O)c4ccccc34)[nH]c2cc1Cl. The third-order valence-corrected chi connectivity index (χ3v) is 5.08. The number of aromatic amines is 1. The summed E-state index contributed by atoms with van der Waals surface area (Å²) in [5, 5.41) is 6.13.